The van der Waals surface area contributed by atoms with Crippen molar-refractivity contribution in [3.63, 3.8) is 0 Å². The molecule has 33 heavy (non-hydrogen) atoms. The molecule has 7 heteroatoms. The lowest BCUT2D eigenvalue weighted by Gasteiger charge is -2.22. The topological polar surface area (TPSA) is 93.1 Å². The fraction of sp³-hybridized carbons (Fsp3) is 0.769. The highest BCUT2D eigenvalue weighted by Gasteiger charge is 2.35. The largest absolute Gasteiger partial charge is 0.390 e. The minimum Gasteiger partial charge on any atom is -0.390 e. The molecule has 0 unspecified atom stereocenters. The van der Waals surface area contributed by atoms with Gasteiger partial charge in [-0.15, -0.1) is 0 Å². The molecule has 1 aliphatic heterocycles. The van der Waals surface area contributed by atoms with E-state index in [1.54, 1.807) is 12.1 Å². The van der Waals surface area contributed by atoms with E-state index in [2.05, 4.69) is 6.92 Å². The number of aliphatic hydroxyl groups excluding tert-OH is 2. The highest BCUT2D eigenvalue weighted by molar-refractivity contribution is 7.86. The zero-order valence-corrected chi connectivity index (χ0v) is 21.3. The van der Waals surface area contributed by atoms with Crippen LogP contribution in [0.2, 0.25) is 0 Å². The molecule has 2 N–H and O–H groups in total. The van der Waals surface area contributed by atoms with E-state index < -0.39 is 28.4 Å². The molecule has 0 aromatic heterocycles. The van der Waals surface area contributed by atoms with E-state index in [0.717, 1.165) is 18.4 Å². The van der Waals surface area contributed by atoms with Crippen LogP contribution in [0.5, 0.6) is 0 Å². The van der Waals surface area contributed by atoms with Gasteiger partial charge in [0.1, 0.15) is 6.10 Å². The van der Waals surface area contributed by atoms with Crippen LogP contribution in [-0.2, 0) is 19.0 Å². The number of hydrogen-bond acceptors (Lipinski definition) is 6. The van der Waals surface area contributed by atoms with Crippen molar-refractivity contribution in [1.29, 1.82) is 0 Å². The molecule has 1 aliphatic rings. The van der Waals surface area contributed by atoms with Crippen LogP contribution in [0.3, 0.4) is 0 Å². The Morgan fingerprint density at radius 2 is 1.39 bits per heavy atom. The molecule has 0 amide bonds. The van der Waals surface area contributed by atoms with Crippen molar-refractivity contribution >= 4 is 10.1 Å². The Balaban J connectivity index is 1.59. The Labute approximate surface area is 200 Å². The molecule has 1 fully saturated rings. The van der Waals surface area contributed by atoms with Gasteiger partial charge in [0.05, 0.1) is 29.8 Å². The first-order valence-electron chi connectivity index (χ1n) is 12.8. The number of aliphatic hydroxyl groups is 2. The molecule has 2 rings (SSSR count). The van der Waals surface area contributed by atoms with Gasteiger partial charge in [-0.2, -0.15) is 8.42 Å². The number of benzene rings is 1. The molecule has 4 atom stereocenters. The van der Waals surface area contributed by atoms with Crippen molar-refractivity contribution in [2.45, 2.75) is 127 Å². The second-order valence-electron chi connectivity index (χ2n) is 9.45. The summed E-state index contributed by atoms with van der Waals surface area (Å²) in [5.41, 5.74) is 0.954. The van der Waals surface area contributed by atoms with Crippen LogP contribution in [0.4, 0.5) is 0 Å². The van der Waals surface area contributed by atoms with Gasteiger partial charge in [0.25, 0.3) is 10.1 Å². The zero-order chi connectivity index (χ0) is 24.1. The Hall–Kier alpha value is -0.990. The van der Waals surface area contributed by atoms with Crippen molar-refractivity contribution in [1.82, 2.24) is 0 Å². The summed E-state index contributed by atoms with van der Waals surface area (Å²) in [7, 11) is -3.92. The number of aryl methyl sites for hydroxylation is 1. The maximum Gasteiger partial charge on any atom is 0.297 e. The van der Waals surface area contributed by atoms with E-state index in [4.69, 9.17) is 8.92 Å². The molecule has 0 bridgehead atoms. The first kappa shape index (κ1) is 28.2. The first-order chi connectivity index (χ1) is 15.8. The van der Waals surface area contributed by atoms with Crippen molar-refractivity contribution in [2.75, 3.05) is 6.61 Å². The second-order valence-corrected chi connectivity index (χ2v) is 11.1. The van der Waals surface area contributed by atoms with Crippen LogP contribution in [0.25, 0.3) is 0 Å². The van der Waals surface area contributed by atoms with Gasteiger partial charge in [0.15, 0.2) is 0 Å². The molecule has 1 aromatic rings. The molecule has 0 radical (unpaired) electrons. The van der Waals surface area contributed by atoms with Crippen LogP contribution in [-0.4, -0.2) is 49.7 Å². The minimum atomic E-state index is -3.92. The quantitative estimate of drug-likeness (QED) is 0.231. The Morgan fingerprint density at radius 1 is 0.879 bits per heavy atom. The van der Waals surface area contributed by atoms with Crippen LogP contribution in [0.15, 0.2) is 29.2 Å². The van der Waals surface area contributed by atoms with Gasteiger partial charge in [0, 0.05) is 0 Å². The molecule has 0 saturated carbocycles. The van der Waals surface area contributed by atoms with E-state index >= 15 is 0 Å². The van der Waals surface area contributed by atoms with Crippen molar-refractivity contribution in [2.24, 2.45) is 0 Å². The van der Waals surface area contributed by atoms with Gasteiger partial charge in [-0.05, 0) is 38.3 Å². The predicted molar refractivity (Wildman–Crippen MR) is 131 cm³/mol. The Bertz CT molecular complexity index is 749. The molecule has 0 spiro atoms. The van der Waals surface area contributed by atoms with Crippen LogP contribution < -0.4 is 0 Å². The average molecular weight is 485 g/mol. The SMILES string of the molecule is CCCCCCCCCCCC[C@@H](O)[C@H]1CC[C@H]([C@@H](O)COS(=O)(=O)c2ccc(C)cc2)O1. The van der Waals surface area contributed by atoms with Crippen molar-refractivity contribution in [3.8, 4) is 0 Å². The third kappa shape index (κ3) is 10.4. The number of ether oxygens (including phenoxy) is 1. The van der Waals surface area contributed by atoms with E-state index in [1.165, 1.54) is 63.5 Å². The smallest absolute Gasteiger partial charge is 0.297 e. The molecular weight excluding hydrogens is 440 g/mol. The molecule has 6 nitrogen and oxygen atoms in total. The molecule has 1 heterocycles. The molecule has 1 saturated heterocycles. The Morgan fingerprint density at radius 3 is 1.97 bits per heavy atom. The van der Waals surface area contributed by atoms with Gasteiger partial charge in [-0.25, -0.2) is 0 Å². The summed E-state index contributed by atoms with van der Waals surface area (Å²) in [6.45, 7) is 3.75. The first-order valence-corrected chi connectivity index (χ1v) is 14.2. The predicted octanol–water partition coefficient (Wildman–Crippen LogP) is 5.28. The van der Waals surface area contributed by atoms with Gasteiger partial charge in [-0.3, -0.25) is 4.18 Å². The number of unbranched alkanes of at least 4 members (excludes halogenated alkanes) is 9. The highest BCUT2D eigenvalue weighted by atomic mass is 32.2. The molecule has 0 aliphatic carbocycles. The van der Waals surface area contributed by atoms with Gasteiger partial charge < -0.3 is 14.9 Å². The van der Waals surface area contributed by atoms with Gasteiger partial charge in [0.2, 0.25) is 0 Å². The summed E-state index contributed by atoms with van der Waals surface area (Å²) >= 11 is 0. The fourth-order valence-electron chi connectivity index (χ4n) is 4.32. The summed E-state index contributed by atoms with van der Waals surface area (Å²) in [4.78, 5) is 0.0671. The number of rotatable bonds is 17. The van der Waals surface area contributed by atoms with E-state index in [0.29, 0.717) is 19.3 Å². The summed E-state index contributed by atoms with van der Waals surface area (Å²) in [6.07, 6.45) is 12.0. The van der Waals surface area contributed by atoms with Crippen molar-refractivity contribution < 1.29 is 27.6 Å². The standard InChI is InChI=1S/C26H44O6S/c1-3-4-5-6-7-8-9-10-11-12-13-23(27)25-18-19-26(32-25)24(28)20-31-33(29,30)22-16-14-21(2)15-17-22/h14-17,23-28H,3-13,18-20H2,1-2H3/t23-,24+,25-,26-/m1/s1. The lowest BCUT2D eigenvalue weighted by molar-refractivity contribution is -0.0845. The summed E-state index contributed by atoms with van der Waals surface area (Å²) in [5.74, 6) is 0. The van der Waals surface area contributed by atoms with Crippen LogP contribution in [0, 0.1) is 6.92 Å². The lowest BCUT2D eigenvalue weighted by Crippen LogP contribution is -2.34. The normalized spacial score (nSPS) is 20.7. The Kier molecular flexibility index (Phi) is 12.9. The van der Waals surface area contributed by atoms with Gasteiger partial charge >= 0.3 is 0 Å². The maximum absolute atomic E-state index is 12.3. The fourth-order valence-corrected chi connectivity index (χ4v) is 5.25. The number of hydrogen-bond donors (Lipinski definition) is 2. The van der Waals surface area contributed by atoms with E-state index in [1.807, 2.05) is 6.92 Å². The van der Waals surface area contributed by atoms with Crippen LogP contribution >= 0.6 is 0 Å². The zero-order valence-electron chi connectivity index (χ0n) is 20.5. The summed E-state index contributed by atoms with van der Waals surface area (Å²) < 4.78 is 35.5. The maximum atomic E-state index is 12.3. The summed E-state index contributed by atoms with van der Waals surface area (Å²) in [6, 6.07) is 6.38. The second kappa shape index (κ2) is 15.1. The minimum absolute atomic E-state index is 0.0671. The molecule has 1 aromatic carbocycles. The molecular formula is C26H44O6S. The van der Waals surface area contributed by atoms with Crippen molar-refractivity contribution in [3.05, 3.63) is 29.8 Å². The monoisotopic (exact) mass is 484 g/mol. The molecule has 190 valence electrons. The average Bonchev–Trinajstić information content (AvgIpc) is 3.29. The third-order valence-electron chi connectivity index (χ3n) is 6.50. The van der Waals surface area contributed by atoms with Crippen LogP contribution in [0.1, 0.15) is 96.0 Å². The van der Waals surface area contributed by atoms with Gasteiger partial charge in [-0.1, -0.05) is 88.8 Å². The third-order valence-corrected chi connectivity index (χ3v) is 7.80. The summed E-state index contributed by atoms with van der Waals surface area (Å²) in [5, 5.41) is 20.8. The highest BCUT2D eigenvalue weighted by Crippen LogP contribution is 2.27. The lowest BCUT2D eigenvalue weighted by atomic mass is 10.0. The van der Waals surface area contributed by atoms with E-state index in [-0.39, 0.29) is 17.6 Å². The van der Waals surface area contributed by atoms with E-state index in [9.17, 15) is 18.6 Å².